The van der Waals surface area contributed by atoms with E-state index in [0.29, 0.717) is 11.6 Å². The quantitative estimate of drug-likeness (QED) is 0.278. The van der Waals surface area contributed by atoms with Crippen molar-refractivity contribution in [1.29, 1.82) is 0 Å². The Labute approximate surface area is 198 Å². The zero-order valence-electron chi connectivity index (χ0n) is 18.6. The minimum Gasteiger partial charge on any atom is -0.397 e. The maximum absolute atomic E-state index is 13.7. The van der Waals surface area contributed by atoms with E-state index in [1.807, 2.05) is 0 Å². The zero-order valence-corrected chi connectivity index (χ0v) is 19.5. The van der Waals surface area contributed by atoms with Gasteiger partial charge in [-0.05, 0) is 61.7 Å². The number of benzene rings is 1. The van der Waals surface area contributed by atoms with Gasteiger partial charge in [-0.3, -0.25) is 4.79 Å². The second-order valence-electron chi connectivity index (χ2n) is 7.07. The van der Waals surface area contributed by atoms with Crippen molar-refractivity contribution in [3.8, 4) is 5.82 Å². The topological polar surface area (TPSA) is 144 Å². The number of aliphatic hydroxyl groups excluding tert-OH is 1. The number of aryl methyl sites for hydroxylation is 1. The summed E-state index contributed by atoms with van der Waals surface area (Å²) in [4.78, 5) is 34.1. The fourth-order valence-electron chi connectivity index (χ4n) is 3.18. The third-order valence-corrected chi connectivity index (χ3v) is 4.80. The van der Waals surface area contributed by atoms with Crippen molar-refractivity contribution in [2.75, 3.05) is 6.61 Å². The molecule has 2 heterocycles. The fourth-order valence-corrected chi connectivity index (χ4v) is 3.41. The van der Waals surface area contributed by atoms with Crippen LogP contribution in [0, 0.1) is 12.7 Å². The SMILES string of the molecule is CCO.Cc1nn(-c2cc(Cc3cc(F)cc(C(F)(F)F)c3)ccn2)c(COP(O)O)c1C(N)=O. The highest BCUT2D eigenvalue weighted by Crippen LogP contribution is 2.31. The van der Waals surface area contributed by atoms with Gasteiger partial charge in [0.15, 0.2) is 5.82 Å². The monoisotopic (exact) mass is 518 g/mol. The molecule has 1 amide bonds. The standard InChI is InChI=1S/C19H17F4N4O4P.C2H6O/c1-10-17(18(24)28)15(9-31-32(29)30)27(26-10)16-7-11(2-3-25-16)4-12-5-13(19(21,22)23)8-14(20)6-12;1-2-3/h2-3,5-8,29-30H,4,9H2,1H3,(H2,24,28);3H,2H2,1H3. The summed E-state index contributed by atoms with van der Waals surface area (Å²) >= 11 is 0. The number of rotatable bonds is 7. The Morgan fingerprint density at radius 1 is 1.20 bits per heavy atom. The molecule has 0 saturated heterocycles. The van der Waals surface area contributed by atoms with Crippen LogP contribution >= 0.6 is 8.60 Å². The molecule has 0 spiro atoms. The molecule has 0 radical (unpaired) electrons. The number of halogens is 4. The molecule has 35 heavy (non-hydrogen) atoms. The first-order valence-corrected chi connectivity index (χ1v) is 11.2. The fraction of sp³-hybridized carbons (Fsp3) is 0.286. The second kappa shape index (κ2) is 12.1. The smallest absolute Gasteiger partial charge is 0.397 e. The van der Waals surface area contributed by atoms with Crippen LogP contribution in [0.15, 0.2) is 36.5 Å². The Morgan fingerprint density at radius 3 is 2.43 bits per heavy atom. The molecule has 5 N–H and O–H groups in total. The van der Waals surface area contributed by atoms with Crippen molar-refractivity contribution < 1.29 is 41.8 Å². The molecular weight excluding hydrogens is 495 g/mol. The van der Waals surface area contributed by atoms with Gasteiger partial charge in [-0.1, -0.05) is 0 Å². The van der Waals surface area contributed by atoms with Crippen molar-refractivity contribution in [2.45, 2.75) is 33.1 Å². The molecule has 190 valence electrons. The molecule has 1 aromatic carbocycles. The van der Waals surface area contributed by atoms with E-state index < -0.39 is 38.7 Å². The Hall–Kier alpha value is -2.96. The number of hydrogen-bond acceptors (Lipinski definition) is 7. The first-order valence-electron chi connectivity index (χ1n) is 9.99. The van der Waals surface area contributed by atoms with Gasteiger partial charge in [0, 0.05) is 12.8 Å². The number of nitrogens with two attached hydrogens (primary N) is 1. The zero-order chi connectivity index (χ0) is 26.3. The van der Waals surface area contributed by atoms with Gasteiger partial charge in [0.1, 0.15) is 5.82 Å². The van der Waals surface area contributed by atoms with E-state index in [4.69, 9.17) is 25.2 Å². The number of carbonyl (C=O) groups is 1. The van der Waals surface area contributed by atoms with Crippen LogP contribution in [-0.4, -0.2) is 42.2 Å². The molecule has 3 aromatic rings. The van der Waals surface area contributed by atoms with Gasteiger partial charge in [0.25, 0.3) is 5.91 Å². The Kier molecular flexibility index (Phi) is 9.81. The van der Waals surface area contributed by atoms with E-state index in [2.05, 4.69) is 10.1 Å². The molecular formula is C21H23F4N4O5P. The maximum Gasteiger partial charge on any atom is 0.416 e. The summed E-state index contributed by atoms with van der Waals surface area (Å²) in [5, 5.41) is 11.8. The minimum absolute atomic E-state index is 0.00834. The van der Waals surface area contributed by atoms with E-state index in [1.54, 1.807) is 6.92 Å². The number of primary amides is 1. The summed E-state index contributed by atoms with van der Waals surface area (Å²) in [5.41, 5.74) is 5.24. The Morgan fingerprint density at radius 2 is 1.86 bits per heavy atom. The third-order valence-electron chi connectivity index (χ3n) is 4.44. The molecule has 0 bridgehead atoms. The highest BCUT2D eigenvalue weighted by atomic mass is 31.2. The number of hydrogen-bond donors (Lipinski definition) is 4. The van der Waals surface area contributed by atoms with Gasteiger partial charge in [-0.15, -0.1) is 0 Å². The van der Waals surface area contributed by atoms with Crippen LogP contribution in [0.4, 0.5) is 17.6 Å². The molecule has 0 aliphatic rings. The lowest BCUT2D eigenvalue weighted by molar-refractivity contribution is -0.137. The van der Waals surface area contributed by atoms with Crippen LogP contribution in [0.3, 0.4) is 0 Å². The lowest BCUT2D eigenvalue weighted by Crippen LogP contribution is -2.15. The van der Waals surface area contributed by atoms with Crippen LogP contribution in [0.1, 0.15) is 45.4 Å². The largest absolute Gasteiger partial charge is 0.416 e. The number of nitrogens with zero attached hydrogens (tertiary/aromatic N) is 3. The molecule has 0 saturated carbocycles. The van der Waals surface area contributed by atoms with E-state index >= 15 is 0 Å². The molecule has 3 rings (SSSR count). The summed E-state index contributed by atoms with van der Waals surface area (Å²) in [6.07, 6.45) is -3.36. The van der Waals surface area contributed by atoms with Crippen molar-refractivity contribution in [3.63, 3.8) is 0 Å². The van der Waals surface area contributed by atoms with Gasteiger partial charge < -0.3 is 25.2 Å². The van der Waals surface area contributed by atoms with Gasteiger partial charge in [-0.2, -0.15) is 18.3 Å². The predicted molar refractivity (Wildman–Crippen MR) is 118 cm³/mol. The number of amides is 1. The summed E-state index contributed by atoms with van der Waals surface area (Å²) in [7, 11) is -2.72. The number of pyridine rings is 1. The van der Waals surface area contributed by atoms with Crippen LogP contribution in [0.5, 0.6) is 0 Å². The van der Waals surface area contributed by atoms with Crippen LogP contribution in [0.2, 0.25) is 0 Å². The first kappa shape index (κ1) is 28.3. The molecule has 0 unspecified atom stereocenters. The van der Waals surface area contributed by atoms with Gasteiger partial charge in [-0.25, -0.2) is 14.1 Å². The molecule has 2 aromatic heterocycles. The van der Waals surface area contributed by atoms with Gasteiger partial charge >= 0.3 is 14.8 Å². The van der Waals surface area contributed by atoms with Crippen LogP contribution < -0.4 is 5.73 Å². The average Bonchev–Trinajstić information content (AvgIpc) is 3.08. The summed E-state index contributed by atoms with van der Waals surface area (Å²) in [6.45, 7) is 3.03. The number of carbonyl (C=O) groups excluding carboxylic acids is 1. The van der Waals surface area contributed by atoms with E-state index in [9.17, 15) is 22.4 Å². The lowest BCUT2D eigenvalue weighted by Gasteiger charge is -2.11. The number of aromatic nitrogens is 3. The highest BCUT2D eigenvalue weighted by Gasteiger charge is 2.31. The van der Waals surface area contributed by atoms with Crippen LogP contribution in [0.25, 0.3) is 5.82 Å². The maximum atomic E-state index is 13.7. The number of alkyl halides is 3. The average molecular weight is 518 g/mol. The molecule has 14 heteroatoms. The second-order valence-corrected chi connectivity index (χ2v) is 7.83. The summed E-state index contributed by atoms with van der Waals surface area (Å²) in [5.74, 6) is -1.66. The van der Waals surface area contributed by atoms with E-state index in [-0.39, 0.29) is 41.4 Å². The molecule has 0 aliphatic carbocycles. The molecule has 0 fully saturated rings. The molecule has 0 aliphatic heterocycles. The minimum atomic E-state index is -4.69. The van der Waals surface area contributed by atoms with Gasteiger partial charge in [0.05, 0.1) is 29.1 Å². The summed E-state index contributed by atoms with van der Waals surface area (Å²) in [6, 6.07) is 5.30. The molecule has 9 nitrogen and oxygen atoms in total. The van der Waals surface area contributed by atoms with Crippen molar-refractivity contribution in [1.82, 2.24) is 14.8 Å². The van der Waals surface area contributed by atoms with Crippen molar-refractivity contribution in [3.05, 3.63) is 76.0 Å². The lowest BCUT2D eigenvalue weighted by atomic mass is 10.0. The van der Waals surface area contributed by atoms with E-state index in [0.717, 1.165) is 12.1 Å². The highest BCUT2D eigenvalue weighted by molar-refractivity contribution is 7.39. The normalized spacial score (nSPS) is 11.4. The Bertz CT molecular complexity index is 1170. The Balaban J connectivity index is 0.00000137. The van der Waals surface area contributed by atoms with E-state index in [1.165, 1.54) is 29.9 Å². The van der Waals surface area contributed by atoms with Crippen molar-refractivity contribution >= 4 is 14.5 Å². The van der Waals surface area contributed by atoms with Gasteiger partial charge in [0.2, 0.25) is 0 Å². The van der Waals surface area contributed by atoms with Crippen molar-refractivity contribution in [2.24, 2.45) is 5.73 Å². The predicted octanol–water partition coefficient (Wildman–Crippen LogP) is 3.15. The summed E-state index contributed by atoms with van der Waals surface area (Å²) < 4.78 is 58.7. The van der Waals surface area contributed by atoms with Crippen LogP contribution in [-0.2, 0) is 23.7 Å². The first-order chi connectivity index (χ1) is 16.4. The number of aliphatic hydroxyl groups is 1. The molecule has 0 atom stereocenters. The third kappa shape index (κ3) is 7.77.